The van der Waals surface area contributed by atoms with Crippen LogP contribution in [0.1, 0.15) is 23.3 Å². The fourth-order valence-corrected chi connectivity index (χ4v) is 2.74. The number of carbonyl (C=O) groups excluding carboxylic acids is 1. The zero-order valence-corrected chi connectivity index (χ0v) is 12.1. The molecule has 2 aromatic rings. The maximum atomic E-state index is 12.7. The molecule has 19 heavy (non-hydrogen) atoms. The van der Waals surface area contributed by atoms with Crippen LogP contribution in [0, 0.1) is 0 Å². The normalized spacial score (nSPS) is 14.6. The highest BCUT2D eigenvalue weighted by Gasteiger charge is 2.33. The van der Waals surface area contributed by atoms with Gasteiger partial charge in [-0.15, -0.1) is 0 Å². The first-order valence-corrected chi connectivity index (χ1v) is 7.64. The minimum atomic E-state index is 0.0544. The molecule has 1 aliphatic rings. The first-order valence-electron chi connectivity index (χ1n) is 6.52. The number of halogens is 1. The van der Waals surface area contributed by atoms with Gasteiger partial charge in [0.15, 0.2) is 0 Å². The third kappa shape index (κ3) is 2.50. The standard InChI is InChI=1S/C15H15BrN2O/c16-8-10-18(12-5-6-12)15(19)14-13-4-2-1-3-11(13)7-9-17-14/h1-4,7,9,12H,5-6,8,10H2. The smallest absolute Gasteiger partial charge is 0.273 e. The Morgan fingerprint density at radius 3 is 2.84 bits per heavy atom. The number of amides is 1. The highest BCUT2D eigenvalue weighted by Crippen LogP contribution is 2.29. The second-order valence-corrected chi connectivity index (χ2v) is 5.59. The van der Waals surface area contributed by atoms with Crippen LogP contribution in [0.4, 0.5) is 0 Å². The van der Waals surface area contributed by atoms with E-state index in [0.29, 0.717) is 11.7 Å². The lowest BCUT2D eigenvalue weighted by atomic mass is 10.1. The van der Waals surface area contributed by atoms with Crippen LogP contribution in [-0.4, -0.2) is 33.7 Å². The van der Waals surface area contributed by atoms with Crippen molar-refractivity contribution in [1.29, 1.82) is 0 Å². The van der Waals surface area contributed by atoms with Gasteiger partial charge < -0.3 is 4.90 Å². The molecule has 0 saturated heterocycles. The molecule has 0 unspecified atom stereocenters. The molecule has 0 radical (unpaired) electrons. The molecule has 1 saturated carbocycles. The van der Waals surface area contributed by atoms with Crippen molar-refractivity contribution < 1.29 is 4.79 Å². The number of alkyl halides is 1. The number of fused-ring (bicyclic) bond motifs is 1. The number of benzene rings is 1. The summed E-state index contributed by atoms with van der Waals surface area (Å²) in [5.74, 6) is 0.0544. The van der Waals surface area contributed by atoms with E-state index in [1.807, 2.05) is 35.2 Å². The van der Waals surface area contributed by atoms with Crippen molar-refractivity contribution in [2.45, 2.75) is 18.9 Å². The zero-order chi connectivity index (χ0) is 13.2. The van der Waals surface area contributed by atoms with Gasteiger partial charge in [-0.3, -0.25) is 9.78 Å². The lowest BCUT2D eigenvalue weighted by Crippen LogP contribution is -2.35. The molecule has 1 amide bonds. The van der Waals surface area contributed by atoms with Gasteiger partial charge in [0, 0.05) is 29.5 Å². The summed E-state index contributed by atoms with van der Waals surface area (Å²) < 4.78 is 0. The number of aromatic nitrogens is 1. The summed E-state index contributed by atoms with van der Waals surface area (Å²) in [4.78, 5) is 18.9. The first kappa shape index (κ1) is 12.6. The molecule has 1 aromatic heterocycles. The van der Waals surface area contributed by atoms with E-state index >= 15 is 0 Å². The van der Waals surface area contributed by atoms with Gasteiger partial charge in [0.25, 0.3) is 5.91 Å². The predicted octanol–water partition coefficient (Wildman–Crippen LogP) is 3.23. The molecule has 4 heteroatoms. The maximum absolute atomic E-state index is 12.7. The van der Waals surface area contributed by atoms with E-state index in [1.54, 1.807) is 6.20 Å². The molecular weight excluding hydrogens is 304 g/mol. The van der Waals surface area contributed by atoms with Crippen molar-refractivity contribution in [3.63, 3.8) is 0 Å². The summed E-state index contributed by atoms with van der Waals surface area (Å²) in [5.41, 5.74) is 0.575. The molecule has 98 valence electrons. The molecule has 0 atom stereocenters. The summed E-state index contributed by atoms with van der Waals surface area (Å²) >= 11 is 3.42. The molecule has 1 aliphatic carbocycles. The van der Waals surface area contributed by atoms with E-state index < -0.39 is 0 Å². The van der Waals surface area contributed by atoms with Crippen LogP contribution in [-0.2, 0) is 0 Å². The Labute approximate surface area is 120 Å². The molecule has 3 rings (SSSR count). The van der Waals surface area contributed by atoms with Crippen molar-refractivity contribution in [1.82, 2.24) is 9.88 Å². The van der Waals surface area contributed by atoms with Gasteiger partial charge >= 0.3 is 0 Å². The minimum absolute atomic E-state index is 0.0544. The topological polar surface area (TPSA) is 33.2 Å². The molecule has 0 aliphatic heterocycles. The molecule has 1 heterocycles. The van der Waals surface area contributed by atoms with Gasteiger partial charge in [-0.05, 0) is 24.3 Å². The monoisotopic (exact) mass is 318 g/mol. The molecule has 0 N–H and O–H groups in total. The van der Waals surface area contributed by atoms with E-state index in [9.17, 15) is 4.79 Å². The zero-order valence-electron chi connectivity index (χ0n) is 10.6. The summed E-state index contributed by atoms with van der Waals surface area (Å²) in [6.07, 6.45) is 3.95. The van der Waals surface area contributed by atoms with Crippen LogP contribution >= 0.6 is 15.9 Å². The van der Waals surface area contributed by atoms with Crippen molar-refractivity contribution in [2.24, 2.45) is 0 Å². The number of hydrogen-bond donors (Lipinski definition) is 0. The van der Waals surface area contributed by atoms with Crippen LogP contribution in [0.3, 0.4) is 0 Å². The molecule has 1 fully saturated rings. The Kier molecular flexibility index (Phi) is 3.51. The number of carbonyl (C=O) groups is 1. The third-order valence-corrected chi connectivity index (χ3v) is 3.80. The van der Waals surface area contributed by atoms with Crippen LogP contribution in [0.2, 0.25) is 0 Å². The summed E-state index contributed by atoms with van der Waals surface area (Å²) in [6.45, 7) is 0.744. The lowest BCUT2D eigenvalue weighted by molar-refractivity contribution is 0.0751. The van der Waals surface area contributed by atoms with Gasteiger partial charge in [0.05, 0.1) is 0 Å². The van der Waals surface area contributed by atoms with Crippen molar-refractivity contribution in [3.05, 3.63) is 42.2 Å². The number of pyridine rings is 1. The summed E-state index contributed by atoms with van der Waals surface area (Å²) in [6, 6.07) is 10.3. The van der Waals surface area contributed by atoms with Crippen LogP contribution in [0.15, 0.2) is 36.5 Å². The van der Waals surface area contributed by atoms with Crippen LogP contribution in [0.5, 0.6) is 0 Å². The van der Waals surface area contributed by atoms with E-state index in [4.69, 9.17) is 0 Å². The summed E-state index contributed by atoms with van der Waals surface area (Å²) in [7, 11) is 0. The third-order valence-electron chi connectivity index (χ3n) is 3.45. The van der Waals surface area contributed by atoms with Gasteiger partial charge in [-0.25, -0.2) is 0 Å². The fourth-order valence-electron chi connectivity index (χ4n) is 2.35. The van der Waals surface area contributed by atoms with E-state index in [-0.39, 0.29) is 5.91 Å². The second kappa shape index (κ2) is 5.29. The number of nitrogens with zero attached hydrogens (tertiary/aromatic N) is 2. The largest absolute Gasteiger partial charge is 0.333 e. The second-order valence-electron chi connectivity index (χ2n) is 4.80. The van der Waals surface area contributed by atoms with E-state index in [2.05, 4.69) is 20.9 Å². The molecule has 1 aromatic carbocycles. The average molecular weight is 319 g/mol. The molecule has 3 nitrogen and oxygen atoms in total. The Morgan fingerprint density at radius 1 is 1.32 bits per heavy atom. The Bertz CT molecular complexity index is 605. The Hall–Kier alpha value is -1.42. The highest BCUT2D eigenvalue weighted by molar-refractivity contribution is 9.09. The average Bonchev–Trinajstić information content (AvgIpc) is 3.28. The summed E-state index contributed by atoms with van der Waals surface area (Å²) in [5, 5.41) is 2.81. The van der Waals surface area contributed by atoms with Crippen LogP contribution < -0.4 is 0 Å². The van der Waals surface area contributed by atoms with Gasteiger partial charge in [-0.2, -0.15) is 0 Å². The SMILES string of the molecule is O=C(c1nccc2ccccc12)N(CCBr)C1CC1. The first-order chi connectivity index (χ1) is 9.31. The Balaban J connectivity index is 2.00. The quantitative estimate of drug-likeness (QED) is 0.811. The number of hydrogen-bond acceptors (Lipinski definition) is 2. The van der Waals surface area contributed by atoms with Crippen molar-refractivity contribution in [2.75, 3.05) is 11.9 Å². The van der Waals surface area contributed by atoms with Gasteiger partial charge in [0.1, 0.15) is 5.69 Å². The lowest BCUT2D eigenvalue weighted by Gasteiger charge is -2.21. The Morgan fingerprint density at radius 2 is 2.11 bits per heavy atom. The maximum Gasteiger partial charge on any atom is 0.273 e. The van der Waals surface area contributed by atoms with Gasteiger partial charge in [0.2, 0.25) is 0 Å². The molecular formula is C15H15BrN2O. The van der Waals surface area contributed by atoms with Crippen LogP contribution in [0.25, 0.3) is 10.8 Å². The minimum Gasteiger partial charge on any atom is -0.333 e. The van der Waals surface area contributed by atoms with Crippen molar-refractivity contribution >= 4 is 32.6 Å². The molecule has 0 bridgehead atoms. The van der Waals surface area contributed by atoms with Crippen molar-refractivity contribution in [3.8, 4) is 0 Å². The predicted molar refractivity (Wildman–Crippen MR) is 79.6 cm³/mol. The van der Waals surface area contributed by atoms with Gasteiger partial charge in [-0.1, -0.05) is 40.2 Å². The fraction of sp³-hybridized carbons (Fsp3) is 0.333. The van der Waals surface area contributed by atoms with E-state index in [1.165, 1.54) is 0 Å². The number of rotatable bonds is 4. The molecule has 0 spiro atoms. The highest BCUT2D eigenvalue weighted by atomic mass is 79.9. The van der Waals surface area contributed by atoms with E-state index in [0.717, 1.165) is 35.5 Å².